The predicted octanol–water partition coefficient (Wildman–Crippen LogP) is -0.533. The molecule has 1 aliphatic heterocycles. The molecule has 1 rings (SSSR count). The minimum atomic E-state index is -1.43. The molecular formula is C6H11FO3. The van der Waals surface area contributed by atoms with E-state index in [0.29, 0.717) is 13.0 Å². The number of alkyl halides is 1. The summed E-state index contributed by atoms with van der Waals surface area (Å²) in [7, 11) is 0. The third-order valence-corrected chi connectivity index (χ3v) is 1.65. The van der Waals surface area contributed by atoms with Crippen molar-refractivity contribution in [3.63, 3.8) is 0 Å². The molecule has 0 aromatic carbocycles. The van der Waals surface area contributed by atoms with Crippen LogP contribution in [0.5, 0.6) is 0 Å². The summed E-state index contributed by atoms with van der Waals surface area (Å²) < 4.78 is 17.5. The number of halogens is 1. The largest absolute Gasteiger partial charge is 0.394 e. The highest BCUT2D eigenvalue weighted by Crippen LogP contribution is 2.17. The van der Waals surface area contributed by atoms with Crippen LogP contribution in [0.25, 0.3) is 0 Å². The summed E-state index contributed by atoms with van der Waals surface area (Å²) in [6, 6.07) is 0. The standard InChI is InChI=1S/C6H11FO3/c7-6-4(9)1-2-10-5(6)3-8/h4-6,8-9H,1-3H2. The monoisotopic (exact) mass is 150 g/mol. The third kappa shape index (κ3) is 1.45. The van der Waals surface area contributed by atoms with Crippen molar-refractivity contribution >= 4 is 0 Å². The normalized spacial score (nSPS) is 41.7. The summed E-state index contributed by atoms with van der Waals surface area (Å²) in [4.78, 5) is 0. The fourth-order valence-corrected chi connectivity index (χ4v) is 0.992. The van der Waals surface area contributed by atoms with Gasteiger partial charge in [0.25, 0.3) is 0 Å². The molecule has 0 radical (unpaired) electrons. The number of aliphatic hydroxyl groups excluding tert-OH is 2. The number of aliphatic hydroxyl groups is 2. The van der Waals surface area contributed by atoms with Gasteiger partial charge in [-0.25, -0.2) is 4.39 Å². The lowest BCUT2D eigenvalue weighted by Gasteiger charge is -2.28. The van der Waals surface area contributed by atoms with Crippen molar-refractivity contribution in [1.29, 1.82) is 0 Å². The maximum atomic E-state index is 12.7. The zero-order chi connectivity index (χ0) is 7.56. The number of rotatable bonds is 1. The molecule has 1 aliphatic rings. The van der Waals surface area contributed by atoms with Crippen molar-refractivity contribution in [3.8, 4) is 0 Å². The van der Waals surface area contributed by atoms with Crippen LogP contribution in [0.4, 0.5) is 4.39 Å². The van der Waals surface area contributed by atoms with Gasteiger partial charge in [-0.15, -0.1) is 0 Å². The molecule has 1 saturated heterocycles. The van der Waals surface area contributed by atoms with E-state index in [1.54, 1.807) is 0 Å². The molecule has 4 heteroatoms. The highest BCUT2D eigenvalue weighted by Gasteiger charge is 2.32. The first-order chi connectivity index (χ1) is 4.75. The lowest BCUT2D eigenvalue weighted by Crippen LogP contribution is -2.43. The van der Waals surface area contributed by atoms with Gasteiger partial charge in [0.05, 0.1) is 12.7 Å². The zero-order valence-corrected chi connectivity index (χ0v) is 5.53. The van der Waals surface area contributed by atoms with E-state index in [-0.39, 0.29) is 6.61 Å². The van der Waals surface area contributed by atoms with E-state index < -0.39 is 18.4 Å². The van der Waals surface area contributed by atoms with Crippen LogP contribution >= 0.6 is 0 Å². The second-order valence-corrected chi connectivity index (χ2v) is 2.39. The molecule has 1 heterocycles. The van der Waals surface area contributed by atoms with Gasteiger partial charge < -0.3 is 14.9 Å². The van der Waals surface area contributed by atoms with Crippen molar-refractivity contribution in [2.24, 2.45) is 0 Å². The summed E-state index contributed by atoms with van der Waals surface area (Å²) in [6.07, 6.45) is -2.91. The number of hydrogen-bond donors (Lipinski definition) is 2. The van der Waals surface area contributed by atoms with E-state index in [1.165, 1.54) is 0 Å². The Balaban J connectivity index is 2.42. The smallest absolute Gasteiger partial charge is 0.154 e. The first-order valence-electron chi connectivity index (χ1n) is 3.30. The molecule has 3 nitrogen and oxygen atoms in total. The molecule has 1 fully saturated rings. The Morgan fingerprint density at radius 1 is 1.60 bits per heavy atom. The Morgan fingerprint density at radius 3 is 2.80 bits per heavy atom. The van der Waals surface area contributed by atoms with Crippen LogP contribution in [0, 0.1) is 0 Å². The highest BCUT2D eigenvalue weighted by atomic mass is 19.1. The molecule has 3 unspecified atom stereocenters. The first-order valence-corrected chi connectivity index (χ1v) is 3.30. The second kappa shape index (κ2) is 3.27. The Labute approximate surface area is 58.4 Å². The van der Waals surface area contributed by atoms with Crippen LogP contribution in [0.2, 0.25) is 0 Å². The molecule has 0 saturated carbocycles. The summed E-state index contributed by atoms with van der Waals surface area (Å²) >= 11 is 0. The van der Waals surface area contributed by atoms with E-state index in [9.17, 15) is 4.39 Å². The van der Waals surface area contributed by atoms with Crippen molar-refractivity contribution in [3.05, 3.63) is 0 Å². The van der Waals surface area contributed by atoms with E-state index >= 15 is 0 Å². The van der Waals surface area contributed by atoms with Gasteiger partial charge >= 0.3 is 0 Å². The van der Waals surface area contributed by atoms with Gasteiger partial charge in [-0.2, -0.15) is 0 Å². The molecule has 0 amide bonds. The van der Waals surface area contributed by atoms with Crippen molar-refractivity contribution in [1.82, 2.24) is 0 Å². The molecular weight excluding hydrogens is 139 g/mol. The predicted molar refractivity (Wildman–Crippen MR) is 32.3 cm³/mol. The van der Waals surface area contributed by atoms with Crippen LogP contribution in [-0.4, -0.2) is 41.8 Å². The molecule has 0 aromatic heterocycles. The average Bonchev–Trinajstić information content (AvgIpc) is 1.95. The third-order valence-electron chi connectivity index (χ3n) is 1.65. The van der Waals surface area contributed by atoms with Crippen LogP contribution in [0.3, 0.4) is 0 Å². The second-order valence-electron chi connectivity index (χ2n) is 2.39. The molecule has 0 bridgehead atoms. The average molecular weight is 150 g/mol. The lowest BCUT2D eigenvalue weighted by molar-refractivity contribution is -0.118. The fourth-order valence-electron chi connectivity index (χ4n) is 0.992. The highest BCUT2D eigenvalue weighted by molar-refractivity contribution is 4.80. The van der Waals surface area contributed by atoms with Crippen LogP contribution in [0.15, 0.2) is 0 Å². The van der Waals surface area contributed by atoms with Crippen molar-refractivity contribution < 1.29 is 19.3 Å². The maximum absolute atomic E-state index is 12.7. The summed E-state index contributed by atoms with van der Waals surface area (Å²) in [5.74, 6) is 0. The number of hydrogen-bond acceptors (Lipinski definition) is 3. The molecule has 0 aliphatic carbocycles. The Morgan fingerprint density at radius 2 is 2.30 bits per heavy atom. The lowest BCUT2D eigenvalue weighted by atomic mass is 10.0. The minimum Gasteiger partial charge on any atom is -0.394 e. The molecule has 3 atom stereocenters. The zero-order valence-electron chi connectivity index (χ0n) is 5.53. The molecule has 60 valence electrons. The topological polar surface area (TPSA) is 49.7 Å². The van der Waals surface area contributed by atoms with E-state index in [0.717, 1.165) is 0 Å². The van der Waals surface area contributed by atoms with Gasteiger partial charge in [0.1, 0.15) is 6.10 Å². The number of ether oxygens (including phenoxy) is 1. The fraction of sp³-hybridized carbons (Fsp3) is 1.00. The molecule has 0 aromatic rings. The van der Waals surface area contributed by atoms with Crippen molar-refractivity contribution in [2.45, 2.75) is 24.8 Å². The maximum Gasteiger partial charge on any atom is 0.154 e. The van der Waals surface area contributed by atoms with Crippen molar-refractivity contribution in [2.75, 3.05) is 13.2 Å². The van der Waals surface area contributed by atoms with Gasteiger partial charge in [0.15, 0.2) is 6.17 Å². The molecule has 0 spiro atoms. The minimum absolute atomic E-state index is 0.317. The Bertz CT molecular complexity index is 109. The van der Waals surface area contributed by atoms with Gasteiger partial charge in [0, 0.05) is 6.61 Å². The van der Waals surface area contributed by atoms with E-state index in [2.05, 4.69) is 0 Å². The van der Waals surface area contributed by atoms with Gasteiger partial charge in [-0.1, -0.05) is 0 Å². The van der Waals surface area contributed by atoms with Gasteiger partial charge in [0.2, 0.25) is 0 Å². The van der Waals surface area contributed by atoms with Gasteiger partial charge in [-0.3, -0.25) is 0 Å². The van der Waals surface area contributed by atoms with Crippen LogP contribution in [0.1, 0.15) is 6.42 Å². The van der Waals surface area contributed by atoms with Crippen LogP contribution in [-0.2, 0) is 4.74 Å². The Hall–Kier alpha value is -0.190. The summed E-state index contributed by atoms with van der Waals surface area (Å²) in [6.45, 7) is -0.0367. The van der Waals surface area contributed by atoms with E-state index in [1.807, 2.05) is 0 Å². The SMILES string of the molecule is OCC1OCCC(O)C1F. The molecule has 10 heavy (non-hydrogen) atoms. The molecule has 2 N–H and O–H groups in total. The summed E-state index contributed by atoms with van der Waals surface area (Å²) in [5.41, 5.74) is 0. The van der Waals surface area contributed by atoms with Crippen LogP contribution < -0.4 is 0 Å². The quantitative estimate of drug-likeness (QED) is 0.528. The van der Waals surface area contributed by atoms with E-state index in [4.69, 9.17) is 14.9 Å². The summed E-state index contributed by atoms with van der Waals surface area (Å²) in [5, 5.41) is 17.4. The van der Waals surface area contributed by atoms with Gasteiger partial charge in [-0.05, 0) is 6.42 Å². The Kier molecular flexibility index (Phi) is 2.59. The first kappa shape index (κ1) is 7.91.